The zero-order valence-corrected chi connectivity index (χ0v) is 11.2. The number of rotatable bonds is 7. The lowest BCUT2D eigenvalue weighted by molar-refractivity contribution is 0.159. The van der Waals surface area contributed by atoms with Crippen LogP contribution in [-0.4, -0.2) is 43.0 Å². The lowest BCUT2D eigenvalue weighted by Gasteiger charge is -2.33. The molecule has 0 aromatic carbocycles. The average Bonchev–Trinajstić information content (AvgIpc) is 2.30. The standard InChI is InChI=1S/C13H25ClN2/c1-13-7-2-5-11-16(13)12-6-10-15-9-4-3-8-14/h3-4,13,15H,2,5-12H2,1H3/b4-3+. The van der Waals surface area contributed by atoms with Crippen LogP contribution in [0.5, 0.6) is 0 Å². The molecule has 1 aliphatic rings. The van der Waals surface area contributed by atoms with Crippen molar-refractivity contribution in [1.82, 2.24) is 10.2 Å². The summed E-state index contributed by atoms with van der Waals surface area (Å²) in [5.41, 5.74) is 0. The Hall–Kier alpha value is -0.0500. The van der Waals surface area contributed by atoms with E-state index in [4.69, 9.17) is 11.6 Å². The lowest BCUT2D eigenvalue weighted by Crippen LogP contribution is -2.38. The van der Waals surface area contributed by atoms with E-state index in [2.05, 4.69) is 23.2 Å². The Kier molecular flexibility index (Phi) is 7.91. The Bertz CT molecular complexity index is 194. The molecule has 0 saturated carbocycles. The molecule has 0 aromatic heterocycles. The van der Waals surface area contributed by atoms with Gasteiger partial charge >= 0.3 is 0 Å². The van der Waals surface area contributed by atoms with Crippen LogP contribution in [-0.2, 0) is 0 Å². The van der Waals surface area contributed by atoms with Gasteiger partial charge in [0.05, 0.1) is 0 Å². The van der Waals surface area contributed by atoms with Gasteiger partial charge in [0.1, 0.15) is 0 Å². The summed E-state index contributed by atoms with van der Waals surface area (Å²) in [5.74, 6) is 0.618. The fourth-order valence-electron chi connectivity index (χ4n) is 2.23. The lowest BCUT2D eigenvalue weighted by atomic mass is 10.0. The average molecular weight is 245 g/mol. The molecule has 1 aliphatic heterocycles. The Morgan fingerprint density at radius 2 is 2.25 bits per heavy atom. The van der Waals surface area contributed by atoms with Crippen molar-refractivity contribution < 1.29 is 0 Å². The minimum atomic E-state index is 0.618. The van der Waals surface area contributed by atoms with Crippen LogP contribution in [0, 0.1) is 0 Å². The van der Waals surface area contributed by atoms with Crippen LogP contribution in [0.4, 0.5) is 0 Å². The van der Waals surface area contributed by atoms with E-state index in [1.54, 1.807) is 0 Å². The molecule has 0 spiro atoms. The molecule has 0 amide bonds. The quantitative estimate of drug-likeness (QED) is 0.421. The maximum Gasteiger partial charge on any atom is 0.0404 e. The maximum absolute atomic E-state index is 5.54. The van der Waals surface area contributed by atoms with E-state index in [1.807, 2.05) is 6.08 Å². The van der Waals surface area contributed by atoms with Gasteiger partial charge in [-0.15, -0.1) is 11.6 Å². The summed E-state index contributed by atoms with van der Waals surface area (Å²) in [6.45, 7) is 6.95. The van der Waals surface area contributed by atoms with Crippen molar-refractivity contribution in [2.75, 3.05) is 32.1 Å². The summed E-state index contributed by atoms with van der Waals surface area (Å²) in [7, 11) is 0. The predicted octanol–water partition coefficient (Wildman–Crippen LogP) is 2.64. The Labute approximate surface area is 105 Å². The predicted molar refractivity (Wildman–Crippen MR) is 72.2 cm³/mol. The number of hydrogen-bond acceptors (Lipinski definition) is 2. The molecule has 2 nitrogen and oxygen atoms in total. The highest BCUT2D eigenvalue weighted by molar-refractivity contribution is 6.18. The fraction of sp³-hybridized carbons (Fsp3) is 0.846. The zero-order valence-electron chi connectivity index (χ0n) is 10.4. The summed E-state index contributed by atoms with van der Waals surface area (Å²) in [6, 6.07) is 0.796. The van der Waals surface area contributed by atoms with Crippen molar-refractivity contribution in [3.63, 3.8) is 0 Å². The highest BCUT2D eigenvalue weighted by Gasteiger charge is 2.16. The number of allylic oxidation sites excluding steroid dienone is 1. The topological polar surface area (TPSA) is 15.3 Å². The van der Waals surface area contributed by atoms with Gasteiger partial charge in [-0.2, -0.15) is 0 Å². The summed E-state index contributed by atoms with van der Waals surface area (Å²) in [4.78, 5) is 2.62. The number of likely N-dealkylation sites (tertiary alicyclic amines) is 1. The molecule has 1 N–H and O–H groups in total. The second-order valence-corrected chi connectivity index (χ2v) is 4.87. The number of nitrogens with zero attached hydrogens (tertiary/aromatic N) is 1. The van der Waals surface area contributed by atoms with Gasteiger partial charge in [0.2, 0.25) is 0 Å². The third kappa shape index (κ3) is 5.88. The van der Waals surface area contributed by atoms with Crippen LogP contribution in [0.1, 0.15) is 32.6 Å². The first-order valence-electron chi connectivity index (χ1n) is 6.50. The molecule has 16 heavy (non-hydrogen) atoms. The molecule has 3 heteroatoms. The molecule has 0 radical (unpaired) electrons. The number of alkyl halides is 1. The molecule has 1 saturated heterocycles. The van der Waals surface area contributed by atoms with E-state index in [1.165, 1.54) is 38.8 Å². The van der Waals surface area contributed by atoms with Crippen molar-refractivity contribution in [2.45, 2.75) is 38.6 Å². The van der Waals surface area contributed by atoms with E-state index in [0.717, 1.165) is 19.1 Å². The molecule has 0 aliphatic carbocycles. The largest absolute Gasteiger partial charge is 0.313 e. The van der Waals surface area contributed by atoms with Crippen LogP contribution in [0.2, 0.25) is 0 Å². The number of hydrogen-bond donors (Lipinski definition) is 1. The molecule has 0 bridgehead atoms. The van der Waals surface area contributed by atoms with Crippen molar-refractivity contribution in [3.05, 3.63) is 12.2 Å². The van der Waals surface area contributed by atoms with Gasteiger partial charge in [-0.1, -0.05) is 18.6 Å². The first kappa shape index (κ1) is 14.0. The van der Waals surface area contributed by atoms with E-state index < -0.39 is 0 Å². The van der Waals surface area contributed by atoms with Crippen molar-refractivity contribution in [3.8, 4) is 0 Å². The Morgan fingerprint density at radius 1 is 1.38 bits per heavy atom. The molecule has 1 atom stereocenters. The first-order valence-corrected chi connectivity index (χ1v) is 7.03. The van der Waals surface area contributed by atoms with E-state index in [0.29, 0.717) is 5.88 Å². The number of piperidine rings is 1. The van der Waals surface area contributed by atoms with E-state index in [9.17, 15) is 0 Å². The van der Waals surface area contributed by atoms with E-state index in [-0.39, 0.29) is 0 Å². The van der Waals surface area contributed by atoms with Gasteiger partial charge in [0, 0.05) is 18.5 Å². The van der Waals surface area contributed by atoms with Crippen LogP contribution < -0.4 is 5.32 Å². The number of nitrogens with one attached hydrogen (secondary N) is 1. The summed E-state index contributed by atoms with van der Waals surface area (Å²) >= 11 is 5.54. The second kappa shape index (κ2) is 9.03. The molecular weight excluding hydrogens is 220 g/mol. The van der Waals surface area contributed by atoms with Gasteiger partial charge in [-0.05, 0) is 45.8 Å². The molecule has 1 unspecified atom stereocenters. The highest BCUT2D eigenvalue weighted by Crippen LogP contribution is 2.15. The molecule has 1 rings (SSSR count). The normalized spacial score (nSPS) is 23.0. The third-order valence-electron chi connectivity index (χ3n) is 3.26. The maximum atomic E-state index is 5.54. The van der Waals surface area contributed by atoms with Gasteiger partial charge < -0.3 is 10.2 Å². The van der Waals surface area contributed by atoms with E-state index >= 15 is 0 Å². The smallest absolute Gasteiger partial charge is 0.0404 e. The first-order chi connectivity index (χ1) is 7.84. The van der Waals surface area contributed by atoms with Gasteiger partial charge in [-0.25, -0.2) is 0 Å². The molecule has 1 heterocycles. The van der Waals surface area contributed by atoms with Gasteiger partial charge in [0.25, 0.3) is 0 Å². The Balaban J connectivity index is 1.95. The number of halogens is 1. The van der Waals surface area contributed by atoms with Crippen LogP contribution in [0.25, 0.3) is 0 Å². The third-order valence-corrected chi connectivity index (χ3v) is 3.44. The summed E-state index contributed by atoms with van der Waals surface area (Å²) < 4.78 is 0. The second-order valence-electron chi connectivity index (χ2n) is 4.56. The molecule has 1 fully saturated rings. The van der Waals surface area contributed by atoms with Crippen molar-refractivity contribution in [1.29, 1.82) is 0 Å². The van der Waals surface area contributed by atoms with Crippen molar-refractivity contribution in [2.24, 2.45) is 0 Å². The van der Waals surface area contributed by atoms with Crippen LogP contribution in [0.3, 0.4) is 0 Å². The fourth-order valence-corrected chi connectivity index (χ4v) is 2.35. The van der Waals surface area contributed by atoms with Crippen molar-refractivity contribution >= 4 is 11.6 Å². The van der Waals surface area contributed by atoms with Gasteiger partial charge in [0.15, 0.2) is 0 Å². The minimum absolute atomic E-state index is 0.618. The molecule has 0 aromatic rings. The zero-order chi connectivity index (χ0) is 11.6. The molecular formula is C13H25ClN2. The molecule has 94 valence electrons. The van der Waals surface area contributed by atoms with Crippen LogP contribution in [0.15, 0.2) is 12.2 Å². The SMILES string of the molecule is CC1CCCCN1CCCNC/C=C/CCl. The van der Waals surface area contributed by atoms with Gasteiger partial charge in [-0.3, -0.25) is 0 Å². The Morgan fingerprint density at radius 3 is 3.00 bits per heavy atom. The minimum Gasteiger partial charge on any atom is -0.313 e. The van der Waals surface area contributed by atoms with Crippen LogP contribution >= 0.6 is 11.6 Å². The summed E-state index contributed by atoms with van der Waals surface area (Å²) in [6.07, 6.45) is 9.51. The summed E-state index contributed by atoms with van der Waals surface area (Å²) in [5, 5.41) is 3.40. The monoisotopic (exact) mass is 244 g/mol. The highest BCUT2D eigenvalue weighted by atomic mass is 35.5.